The molecule has 0 aliphatic rings. The largest absolute Gasteiger partial charge is 0.309 e. The zero-order valence-electron chi connectivity index (χ0n) is 24.8. The van der Waals surface area contributed by atoms with Crippen LogP contribution in [0, 0.1) is 0 Å². The van der Waals surface area contributed by atoms with Gasteiger partial charge in [-0.15, -0.1) is 11.3 Å². The van der Waals surface area contributed by atoms with Crippen LogP contribution >= 0.6 is 11.3 Å². The van der Waals surface area contributed by atoms with Crippen LogP contribution in [0.15, 0.2) is 164 Å². The van der Waals surface area contributed by atoms with Crippen molar-refractivity contribution in [3.63, 3.8) is 0 Å². The SMILES string of the molecule is c1ccc(-c2ccc(-c3cc4c5ccccc5n(-c5cccc(-c6ccccn6)c5)c4cc3-c3nc4ccccc4s3)cc2)cc1. The number of rotatable bonds is 5. The van der Waals surface area contributed by atoms with Crippen molar-refractivity contribution in [2.24, 2.45) is 0 Å². The Morgan fingerprint density at radius 1 is 0.478 bits per heavy atom. The molecule has 0 fully saturated rings. The van der Waals surface area contributed by atoms with Gasteiger partial charge in [0.1, 0.15) is 5.01 Å². The summed E-state index contributed by atoms with van der Waals surface area (Å²) >= 11 is 1.75. The van der Waals surface area contributed by atoms with E-state index in [2.05, 4.69) is 155 Å². The fourth-order valence-electron chi connectivity index (χ4n) is 6.51. The minimum absolute atomic E-state index is 0.960. The van der Waals surface area contributed by atoms with Crippen LogP contribution in [0.25, 0.3) is 81.8 Å². The molecule has 6 aromatic carbocycles. The van der Waals surface area contributed by atoms with E-state index in [1.165, 1.54) is 43.2 Å². The van der Waals surface area contributed by atoms with Crippen LogP contribution in [0.3, 0.4) is 0 Å². The van der Waals surface area contributed by atoms with Crippen molar-refractivity contribution >= 4 is 43.4 Å². The minimum atomic E-state index is 0.960. The molecule has 0 aliphatic carbocycles. The first-order chi connectivity index (χ1) is 22.8. The first kappa shape index (κ1) is 26.6. The van der Waals surface area contributed by atoms with Gasteiger partial charge < -0.3 is 4.57 Å². The summed E-state index contributed by atoms with van der Waals surface area (Å²) in [6.45, 7) is 0. The summed E-state index contributed by atoms with van der Waals surface area (Å²) in [4.78, 5) is 9.78. The number of hydrogen-bond donors (Lipinski definition) is 0. The van der Waals surface area contributed by atoms with E-state index in [-0.39, 0.29) is 0 Å². The summed E-state index contributed by atoms with van der Waals surface area (Å²) in [5, 5.41) is 3.45. The van der Waals surface area contributed by atoms with Crippen LogP contribution in [-0.2, 0) is 0 Å². The number of aromatic nitrogens is 3. The lowest BCUT2D eigenvalue weighted by molar-refractivity contribution is 1.18. The van der Waals surface area contributed by atoms with Gasteiger partial charge in [-0.25, -0.2) is 4.98 Å². The molecule has 0 radical (unpaired) electrons. The highest BCUT2D eigenvalue weighted by Gasteiger charge is 2.19. The average Bonchev–Trinajstić information content (AvgIpc) is 3.71. The van der Waals surface area contributed by atoms with Gasteiger partial charge in [-0.3, -0.25) is 4.98 Å². The molecule has 9 aromatic rings. The number of benzene rings is 6. The Balaban J connectivity index is 1.31. The van der Waals surface area contributed by atoms with Crippen molar-refractivity contribution in [1.29, 1.82) is 0 Å². The van der Waals surface area contributed by atoms with E-state index in [0.29, 0.717) is 0 Å². The Bertz CT molecular complexity index is 2480. The molecule has 0 N–H and O–H groups in total. The van der Waals surface area contributed by atoms with Gasteiger partial charge in [-0.2, -0.15) is 0 Å². The Labute approximate surface area is 270 Å². The molecular weight excluding hydrogens is 579 g/mol. The summed E-state index contributed by atoms with van der Waals surface area (Å²) < 4.78 is 3.57. The van der Waals surface area contributed by atoms with Crippen LogP contribution < -0.4 is 0 Å². The van der Waals surface area contributed by atoms with Crippen molar-refractivity contribution in [3.8, 4) is 49.8 Å². The molecule has 3 heterocycles. The van der Waals surface area contributed by atoms with E-state index >= 15 is 0 Å². The lowest BCUT2D eigenvalue weighted by atomic mass is 9.95. The zero-order valence-corrected chi connectivity index (χ0v) is 25.7. The van der Waals surface area contributed by atoms with Crippen molar-refractivity contribution < 1.29 is 0 Å². The molecular formula is C42H27N3S. The summed E-state index contributed by atoms with van der Waals surface area (Å²) in [5.74, 6) is 0. The Hall–Kier alpha value is -5.84. The fourth-order valence-corrected chi connectivity index (χ4v) is 7.50. The second-order valence-corrected chi connectivity index (χ2v) is 12.5. The maximum absolute atomic E-state index is 5.15. The van der Waals surface area contributed by atoms with Crippen molar-refractivity contribution in [3.05, 3.63) is 164 Å². The predicted molar refractivity (Wildman–Crippen MR) is 193 cm³/mol. The molecule has 0 aliphatic heterocycles. The molecule has 0 bridgehead atoms. The molecule has 4 heteroatoms. The first-order valence-electron chi connectivity index (χ1n) is 15.4. The Morgan fingerprint density at radius 2 is 1.22 bits per heavy atom. The standard InChI is InChI=1S/C42H27N3S/c1-2-11-28(12-3-1)29-20-22-30(23-21-29)34-26-35-33-15-4-6-18-39(33)45(32-14-10-13-31(25-32)37-16-8-9-24-43-37)40(35)27-36(34)42-44-38-17-5-7-19-41(38)46-42/h1-27H. The number of pyridine rings is 1. The van der Waals surface area contributed by atoms with Gasteiger partial charge in [0, 0.05) is 33.8 Å². The van der Waals surface area contributed by atoms with Crippen LogP contribution in [0.2, 0.25) is 0 Å². The lowest BCUT2D eigenvalue weighted by Gasteiger charge is -2.13. The van der Waals surface area contributed by atoms with Gasteiger partial charge in [0.15, 0.2) is 0 Å². The molecule has 0 saturated heterocycles. The summed E-state index contributed by atoms with van der Waals surface area (Å²) in [6.07, 6.45) is 1.85. The van der Waals surface area contributed by atoms with Crippen molar-refractivity contribution in [2.45, 2.75) is 0 Å². The molecule has 0 amide bonds. The van der Waals surface area contributed by atoms with Gasteiger partial charge >= 0.3 is 0 Å². The smallest absolute Gasteiger partial charge is 0.125 e. The van der Waals surface area contributed by atoms with E-state index in [0.717, 1.165) is 38.5 Å². The van der Waals surface area contributed by atoms with Gasteiger partial charge in [-0.1, -0.05) is 103 Å². The molecule has 46 heavy (non-hydrogen) atoms. The van der Waals surface area contributed by atoms with Crippen LogP contribution in [0.1, 0.15) is 0 Å². The summed E-state index contributed by atoms with van der Waals surface area (Å²) in [5.41, 5.74) is 12.4. The molecule has 3 aromatic heterocycles. The summed E-state index contributed by atoms with van der Waals surface area (Å²) in [6, 6.07) is 56.0. The number of hydrogen-bond acceptors (Lipinski definition) is 3. The maximum atomic E-state index is 5.15. The molecule has 0 atom stereocenters. The van der Waals surface area contributed by atoms with Crippen LogP contribution in [0.5, 0.6) is 0 Å². The third kappa shape index (κ3) is 4.50. The van der Waals surface area contributed by atoms with E-state index < -0.39 is 0 Å². The topological polar surface area (TPSA) is 30.7 Å². The monoisotopic (exact) mass is 605 g/mol. The summed E-state index contributed by atoms with van der Waals surface area (Å²) in [7, 11) is 0. The fraction of sp³-hybridized carbons (Fsp3) is 0. The van der Waals surface area contributed by atoms with Crippen molar-refractivity contribution in [2.75, 3.05) is 0 Å². The highest BCUT2D eigenvalue weighted by molar-refractivity contribution is 7.21. The van der Waals surface area contributed by atoms with E-state index in [9.17, 15) is 0 Å². The van der Waals surface area contributed by atoms with Crippen LogP contribution in [0.4, 0.5) is 0 Å². The molecule has 0 saturated carbocycles. The van der Waals surface area contributed by atoms with Crippen LogP contribution in [-0.4, -0.2) is 14.5 Å². The molecule has 0 spiro atoms. The Morgan fingerprint density at radius 3 is 2.07 bits per heavy atom. The zero-order chi connectivity index (χ0) is 30.5. The number of nitrogens with zero attached hydrogens (tertiary/aromatic N) is 3. The van der Waals surface area contributed by atoms with Crippen molar-refractivity contribution in [1.82, 2.24) is 14.5 Å². The first-order valence-corrected chi connectivity index (χ1v) is 16.2. The minimum Gasteiger partial charge on any atom is -0.309 e. The third-order valence-electron chi connectivity index (χ3n) is 8.70. The van der Waals surface area contributed by atoms with Gasteiger partial charge in [0.05, 0.1) is 26.9 Å². The lowest BCUT2D eigenvalue weighted by Crippen LogP contribution is -1.95. The highest BCUT2D eigenvalue weighted by atomic mass is 32.1. The molecule has 3 nitrogen and oxygen atoms in total. The molecule has 216 valence electrons. The highest BCUT2D eigenvalue weighted by Crippen LogP contribution is 2.43. The van der Waals surface area contributed by atoms with Gasteiger partial charge in [0.2, 0.25) is 0 Å². The quantitative estimate of drug-likeness (QED) is 0.195. The molecule has 0 unspecified atom stereocenters. The number of para-hydroxylation sites is 2. The molecule has 9 rings (SSSR count). The van der Waals surface area contributed by atoms with E-state index in [4.69, 9.17) is 4.98 Å². The van der Waals surface area contributed by atoms with E-state index in [1.807, 2.05) is 18.3 Å². The van der Waals surface area contributed by atoms with Gasteiger partial charge in [0.25, 0.3) is 0 Å². The Kier molecular flexibility index (Phi) is 6.32. The predicted octanol–water partition coefficient (Wildman–Crippen LogP) is 11.5. The normalized spacial score (nSPS) is 11.5. The van der Waals surface area contributed by atoms with E-state index in [1.54, 1.807) is 11.3 Å². The second kappa shape index (κ2) is 11.0. The van der Waals surface area contributed by atoms with Gasteiger partial charge in [-0.05, 0) is 76.9 Å². The number of thiazole rings is 1. The second-order valence-electron chi connectivity index (χ2n) is 11.5. The number of fused-ring (bicyclic) bond motifs is 4. The maximum Gasteiger partial charge on any atom is 0.125 e. The third-order valence-corrected chi connectivity index (χ3v) is 9.77. The average molecular weight is 606 g/mol.